The third kappa shape index (κ3) is 3.43. The van der Waals surface area contributed by atoms with Gasteiger partial charge in [-0.15, -0.1) is 0 Å². The summed E-state index contributed by atoms with van der Waals surface area (Å²) in [6.45, 7) is 0.922. The molecule has 5 heteroatoms. The summed E-state index contributed by atoms with van der Waals surface area (Å²) < 4.78 is 6.18. The maximum absolute atomic E-state index is 13.0. The van der Waals surface area contributed by atoms with Crippen molar-refractivity contribution < 1.29 is 19.1 Å². The van der Waals surface area contributed by atoms with Gasteiger partial charge in [-0.1, -0.05) is 30.3 Å². The number of hydrogen-bond donors (Lipinski definition) is 1. The van der Waals surface area contributed by atoms with Crippen molar-refractivity contribution in [3.05, 3.63) is 65.0 Å². The molecule has 1 aliphatic rings. The first-order valence-corrected chi connectivity index (χ1v) is 8.55. The van der Waals surface area contributed by atoms with Crippen molar-refractivity contribution >= 4 is 5.97 Å². The first-order chi connectivity index (χ1) is 11.8. The molecule has 1 aliphatic carbocycles. The van der Waals surface area contributed by atoms with Crippen molar-refractivity contribution in [2.45, 2.75) is 18.4 Å². The van der Waals surface area contributed by atoms with Crippen LogP contribution >= 0.6 is 0 Å². The minimum absolute atomic E-state index is 0.252. The van der Waals surface area contributed by atoms with Gasteiger partial charge in [-0.05, 0) is 24.5 Å². The number of esters is 1. The lowest BCUT2D eigenvalue weighted by Gasteiger charge is -2.29. The first kappa shape index (κ1) is 17.6. The number of quaternary nitrogens is 1. The molecule has 0 fully saturated rings. The molecule has 0 bridgehead atoms. The van der Waals surface area contributed by atoms with Crippen LogP contribution in [0.3, 0.4) is 0 Å². The number of likely N-dealkylation sites (N-methyl/N-ethyl adjacent to an activating group) is 1. The number of carbonyl (C=O) groups excluding carboxylic acids is 1. The molecule has 1 aromatic carbocycles. The zero-order chi connectivity index (χ0) is 18.1. The third-order valence-corrected chi connectivity index (χ3v) is 4.61. The fourth-order valence-electron chi connectivity index (χ4n) is 3.19. The Morgan fingerprint density at radius 3 is 2.64 bits per heavy atom. The van der Waals surface area contributed by atoms with Crippen LogP contribution in [0.1, 0.15) is 22.4 Å². The van der Waals surface area contributed by atoms with E-state index < -0.39 is 11.6 Å². The van der Waals surface area contributed by atoms with Crippen LogP contribution in [-0.2, 0) is 28.0 Å². The van der Waals surface area contributed by atoms with E-state index in [9.17, 15) is 9.90 Å². The average Bonchev–Trinajstić information content (AvgIpc) is 2.70. The van der Waals surface area contributed by atoms with Crippen molar-refractivity contribution in [1.82, 2.24) is 4.98 Å². The summed E-state index contributed by atoms with van der Waals surface area (Å²) in [6.07, 6.45) is 3.11. The van der Waals surface area contributed by atoms with Gasteiger partial charge in [0.15, 0.2) is 0 Å². The molecule has 0 amide bonds. The molecule has 0 saturated carbocycles. The largest absolute Gasteiger partial charge is 0.457 e. The van der Waals surface area contributed by atoms with Crippen LogP contribution in [0.2, 0.25) is 0 Å². The highest BCUT2D eigenvalue weighted by Crippen LogP contribution is 2.38. The Morgan fingerprint density at radius 1 is 1.16 bits per heavy atom. The second-order valence-electron chi connectivity index (χ2n) is 7.52. The molecule has 132 valence electrons. The van der Waals surface area contributed by atoms with Gasteiger partial charge in [-0.3, -0.25) is 4.98 Å². The highest BCUT2D eigenvalue weighted by molar-refractivity contribution is 5.86. The number of aryl methyl sites for hydroxylation is 2. The van der Waals surface area contributed by atoms with Gasteiger partial charge in [-0.25, -0.2) is 4.79 Å². The maximum Gasteiger partial charge on any atom is 0.347 e. The first-order valence-electron chi connectivity index (χ1n) is 8.55. The number of pyridine rings is 1. The van der Waals surface area contributed by atoms with E-state index in [1.165, 1.54) is 0 Å². The molecule has 1 atom stereocenters. The molecule has 1 aromatic heterocycles. The summed E-state index contributed by atoms with van der Waals surface area (Å²) >= 11 is 0. The summed E-state index contributed by atoms with van der Waals surface area (Å²) in [6, 6.07) is 11.0. The second-order valence-corrected chi connectivity index (χ2v) is 7.52. The van der Waals surface area contributed by atoms with Gasteiger partial charge in [0.2, 0.25) is 5.60 Å². The van der Waals surface area contributed by atoms with Gasteiger partial charge in [0.25, 0.3) is 0 Å². The van der Waals surface area contributed by atoms with Gasteiger partial charge in [0, 0.05) is 23.0 Å². The van der Waals surface area contributed by atoms with Crippen LogP contribution in [0.4, 0.5) is 0 Å². The van der Waals surface area contributed by atoms with E-state index in [1.54, 1.807) is 24.4 Å². The van der Waals surface area contributed by atoms with Crippen molar-refractivity contribution in [2.75, 3.05) is 34.3 Å². The molecular formula is C20H25N2O3+. The Hall–Kier alpha value is -2.24. The number of aromatic nitrogens is 1. The highest BCUT2D eigenvalue weighted by Gasteiger charge is 2.46. The zero-order valence-electron chi connectivity index (χ0n) is 15.0. The molecule has 3 rings (SSSR count). The summed E-state index contributed by atoms with van der Waals surface area (Å²) in [4.78, 5) is 17.4. The predicted octanol–water partition coefficient (Wildman–Crippen LogP) is 1.67. The number of nitrogens with zero attached hydrogens (tertiary/aromatic N) is 2. The quantitative estimate of drug-likeness (QED) is 0.679. The lowest BCUT2D eigenvalue weighted by molar-refractivity contribution is -0.870. The predicted molar refractivity (Wildman–Crippen MR) is 94.9 cm³/mol. The van der Waals surface area contributed by atoms with E-state index in [2.05, 4.69) is 4.98 Å². The van der Waals surface area contributed by atoms with Crippen LogP contribution in [-0.4, -0.2) is 54.8 Å². The number of ether oxygens (including phenoxy) is 1. The molecule has 0 saturated heterocycles. The lowest BCUT2D eigenvalue weighted by atomic mass is 9.84. The number of carbonyl (C=O) groups is 1. The van der Waals surface area contributed by atoms with Crippen LogP contribution < -0.4 is 0 Å². The monoisotopic (exact) mass is 341 g/mol. The number of fused-ring (bicyclic) bond motifs is 2. The molecule has 2 aromatic rings. The molecular weight excluding hydrogens is 316 g/mol. The maximum atomic E-state index is 13.0. The summed E-state index contributed by atoms with van der Waals surface area (Å²) in [5, 5.41) is 11.5. The fraction of sp³-hybridized carbons (Fsp3) is 0.400. The van der Waals surface area contributed by atoms with E-state index in [0.29, 0.717) is 28.6 Å². The van der Waals surface area contributed by atoms with Crippen molar-refractivity contribution in [2.24, 2.45) is 0 Å². The molecule has 5 nitrogen and oxygen atoms in total. The molecule has 1 unspecified atom stereocenters. The van der Waals surface area contributed by atoms with Crippen molar-refractivity contribution in [1.29, 1.82) is 0 Å². The molecule has 1 N–H and O–H groups in total. The van der Waals surface area contributed by atoms with Gasteiger partial charge < -0.3 is 14.3 Å². The second kappa shape index (κ2) is 6.58. The summed E-state index contributed by atoms with van der Waals surface area (Å²) in [5.41, 5.74) is 0.991. The topological polar surface area (TPSA) is 59.4 Å². The van der Waals surface area contributed by atoms with Crippen LogP contribution in [0.25, 0.3) is 0 Å². The molecule has 0 radical (unpaired) electrons. The fourth-order valence-corrected chi connectivity index (χ4v) is 3.19. The summed E-state index contributed by atoms with van der Waals surface area (Å²) in [5.74, 6) is -0.635. The zero-order valence-corrected chi connectivity index (χ0v) is 15.0. The molecule has 1 heterocycles. The normalized spacial score (nSPS) is 19.5. The minimum Gasteiger partial charge on any atom is -0.457 e. The molecule has 25 heavy (non-hydrogen) atoms. The van der Waals surface area contributed by atoms with E-state index in [4.69, 9.17) is 4.74 Å². The number of rotatable bonds is 4. The van der Waals surface area contributed by atoms with Gasteiger partial charge >= 0.3 is 5.97 Å². The average molecular weight is 341 g/mol. The van der Waals surface area contributed by atoms with Crippen LogP contribution in [0.5, 0.6) is 0 Å². The van der Waals surface area contributed by atoms with Crippen LogP contribution in [0, 0.1) is 0 Å². The van der Waals surface area contributed by atoms with Gasteiger partial charge in [-0.2, -0.15) is 0 Å². The minimum atomic E-state index is -1.82. The summed E-state index contributed by atoms with van der Waals surface area (Å²) in [7, 11) is 6.09. The molecule has 0 aliphatic heterocycles. The Kier molecular flexibility index (Phi) is 4.62. The van der Waals surface area contributed by atoms with Gasteiger partial charge in [0.1, 0.15) is 13.2 Å². The lowest BCUT2D eigenvalue weighted by Crippen LogP contribution is -2.42. The number of benzene rings is 1. The van der Waals surface area contributed by atoms with E-state index >= 15 is 0 Å². The van der Waals surface area contributed by atoms with E-state index in [-0.39, 0.29) is 6.61 Å². The smallest absolute Gasteiger partial charge is 0.347 e. The molecule has 0 spiro atoms. The Labute approximate surface area is 148 Å². The van der Waals surface area contributed by atoms with E-state index in [0.717, 1.165) is 17.7 Å². The Morgan fingerprint density at radius 2 is 1.88 bits per heavy atom. The van der Waals surface area contributed by atoms with E-state index in [1.807, 2.05) is 39.3 Å². The van der Waals surface area contributed by atoms with Crippen molar-refractivity contribution in [3.8, 4) is 0 Å². The number of hydrogen-bond acceptors (Lipinski definition) is 4. The van der Waals surface area contributed by atoms with Crippen molar-refractivity contribution in [3.63, 3.8) is 0 Å². The SMILES string of the molecule is C[N+](C)(C)CCOC(=O)C1(O)c2ccccc2CCc2ncccc21. The van der Waals surface area contributed by atoms with Crippen LogP contribution in [0.15, 0.2) is 42.6 Å². The Balaban J connectivity index is 2.01. The third-order valence-electron chi connectivity index (χ3n) is 4.61. The highest BCUT2D eigenvalue weighted by atomic mass is 16.5. The Bertz CT molecular complexity index is 733. The van der Waals surface area contributed by atoms with Gasteiger partial charge in [0.05, 0.1) is 21.1 Å². The number of aliphatic hydroxyl groups is 1. The standard InChI is InChI=1S/C20H25N2O3/c1-22(2,3)13-14-25-19(23)20(24)16-8-5-4-7-15(16)10-11-18-17(20)9-6-12-21-18/h4-9,12,24H,10-11,13-14H2,1-3H3/q+1.